The van der Waals surface area contributed by atoms with E-state index in [1.165, 1.54) is 11.8 Å². The lowest BCUT2D eigenvalue weighted by Crippen LogP contribution is -2.08. The Kier molecular flexibility index (Phi) is 12.8. The standard InChI is InChI=1S/C31H35N3O2S/c1-5-29(37-30(6-2)24(4)35)23(3)13-11-18-28(36)27-21-25(14-7-9-19-33-27)16-12-17-26-15-8-10-20-34-31(32)22-26/h5-12,14-16,18-23H,13,17H2,1-4H3,(H2,32,34)/b9-7+,14-7?,16-12+,18-11+,19-9?,25-14+,25-21?,27-21-,29-5-,30-6-,33-19-,33-27?. The Balaban J connectivity index is 2.06. The molecule has 2 heterocycles. The van der Waals surface area contributed by atoms with Crippen molar-refractivity contribution < 1.29 is 9.59 Å². The Bertz CT molecular complexity index is 1230. The van der Waals surface area contributed by atoms with E-state index >= 15 is 0 Å². The number of allylic oxidation sites excluding steroid dienone is 17. The fraction of sp³-hybridized carbons (Fsp3) is 0.226. The van der Waals surface area contributed by atoms with E-state index in [0.29, 0.717) is 24.4 Å². The molecule has 0 aromatic carbocycles. The minimum atomic E-state index is -0.160. The van der Waals surface area contributed by atoms with Gasteiger partial charge in [0.1, 0.15) is 11.5 Å². The number of Topliss-reactive ketones (excluding diaryl/α,β-unsaturated/α-hetero) is 1. The molecular weight excluding hydrogens is 478 g/mol. The monoisotopic (exact) mass is 513 g/mol. The van der Waals surface area contributed by atoms with Crippen LogP contribution < -0.4 is 5.73 Å². The molecule has 2 aliphatic rings. The van der Waals surface area contributed by atoms with Crippen molar-refractivity contribution >= 4 is 35.4 Å². The van der Waals surface area contributed by atoms with Crippen LogP contribution in [0.1, 0.15) is 40.5 Å². The van der Waals surface area contributed by atoms with Crippen LogP contribution in [0.5, 0.6) is 0 Å². The van der Waals surface area contributed by atoms with Gasteiger partial charge in [-0.15, -0.1) is 0 Å². The fourth-order valence-electron chi connectivity index (χ4n) is 3.40. The summed E-state index contributed by atoms with van der Waals surface area (Å²) in [6, 6.07) is 0. The normalized spacial score (nSPS) is 26.6. The molecule has 0 bridgehead atoms. The predicted octanol–water partition coefficient (Wildman–Crippen LogP) is 7.03. The van der Waals surface area contributed by atoms with Gasteiger partial charge in [0.15, 0.2) is 5.78 Å². The predicted molar refractivity (Wildman–Crippen MR) is 159 cm³/mol. The van der Waals surface area contributed by atoms with Crippen LogP contribution in [0.25, 0.3) is 0 Å². The number of carbonyl (C=O) groups is 2. The molecule has 6 heteroatoms. The van der Waals surface area contributed by atoms with Crippen molar-refractivity contribution in [2.24, 2.45) is 21.6 Å². The molecule has 0 amide bonds. The van der Waals surface area contributed by atoms with E-state index < -0.39 is 0 Å². The highest BCUT2D eigenvalue weighted by molar-refractivity contribution is 8.07. The van der Waals surface area contributed by atoms with Gasteiger partial charge in [0.25, 0.3) is 0 Å². The largest absolute Gasteiger partial charge is 0.384 e. The number of hydrogen-bond donors (Lipinski definition) is 1. The summed E-state index contributed by atoms with van der Waals surface area (Å²) in [5.41, 5.74) is 8.14. The zero-order valence-electron chi connectivity index (χ0n) is 21.9. The molecule has 0 aromatic heterocycles. The first-order chi connectivity index (χ1) is 17.8. The van der Waals surface area contributed by atoms with E-state index in [9.17, 15) is 9.59 Å². The number of aliphatic imine (C=N–C) groups is 2. The summed E-state index contributed by atoms with van der Waals surface area (Å²) < 4.78 is 0. The smallest absolute Gasteiger partial charge is 0.203 e. The van der Waals surface area contributed by atoms with Gasteiger partial charge in [0.05, 0.1) is 4.91 Å². The van der Waals surface area contributed by atoms with Crippen molar-refractivity contribution in [2.75, 3.05) is 0 Å². The molecule has 2 rings (SSSR count). The number of carbonyl (C=O) groups excluding carboxylic acids is 2. The Hall–Kier alpha value is -3.77. The summed E-state index contributed by atoms with van der Waals surface area (Å²) >= 11 is 1.49. The zero-order valence-corrected chi connectivity index (χ0v) is 22.7. The maximum atomic E-state index is 12.9. The summed E-state index contributed by atoms with van der Waals surface area (Å²) in [5, 5.41) is 0. The van der Waals surface area contributed by atoms with Gasteiger partial charge < -0.3 is 5.73 Å². The van der Waals surface area contributed by atoms with Crippen LogP contribution in [-0.4, -0.2) is 23.6 Å². The molecule has 0 saturated carbocycles. The van der Waals surface area contributed by atoms with Crippen LogP contribution in [0.2, 0.25) is 0 Å². The molecule has 192 valence electrons. The third-order valence-corrected chi connectivity index (χ3v) is 6.97. The minimum absolute atomic E-state index is 0.0545. The molecule has 1 unspecified atom stereocenters. The number of nitrogens with zero attached hydrogens (tertiary/aromatic N) is 2. The second-order valence-electron chi connectivity index (χ2n) is 8.35. The minimum Gasteiger partial charge on any atom is -0.384 e. The summed E-state index contributed by atoms with van der Waals surface area (Å²) in [6.07, 6.45) is 30.9. The molecule has 0 radical (unpaired) electrons. The molecule has 1 atom stereocenters. The lowest BCUT2D eigenvalue weighted by molar-refractivity contribution is -0.113. The Morgan fingerprint density at radius 3 is 2.62 bits per heavy atom. The van der Waals surface area contributed by atoms with E-state index in [1.54, 1.807) is 37.6 Å². The van der Waals surface area contributed by atoms with Gasteiger partial charge in [0.2, 0.25) is 5.78 Å². The Morgan fingerprint density at radius 1 is 1.08 bits per heavy atom. The number of thioether (sulfide) groups is 1. The molecule has 2 N–H and O–H groups in total. The van der Waals surface area contributed by atoms with Crippen molar-refractivity contribution in [1.29, 1.82) is 0 Å². The van der Waals surface area contributed by atoms with Crippen LogP contribution in [0, 0.1) is 5.92 Å². The highest BCUT2D eigenvalue weighted by Gasteiger charge is 2.13. The van der Waals surface area contributed by atoms with Gasteiger partial charge in [0, 0.05) is 12.4 Å². The first-order valence-corrected chi connectivity index (χ1v) is 13.0. The molecule has 0 saturated heterocycles. The van der Waals surface area contributed by atoms with Crippen LogP contribution in [0.15, 0.2) is 128 Å². The van der Waals surface area contributed by atoms with Gasteiger partial charge in [-0.3, -0.25) is 14.6 Å². The second kappa shape index (κ2) is 16.1. The lowest BCUT2D eigenvalue weighted by Gasteiger charge is -2.14. The highest BCUT2D eigenvalue weighted by atomic mass is 32.2. The second-order valence-corrected chi connectivity index (χ2v) is 9.46. The first kappa shape index (κ1) is 29.5. The SMILES string of the molecule is C/C=C(\S/C(=C\C)C(C)C/C=C/C(=O)C1=C/C(/C=C/CC2=C/C(N)=N\C=C\C=C\2)=C/C=C/C=N\1)C(C)=O. The first-order valence-electron chi connectivity index (χ1n) is 12.2. The van der Waals surface area contributed by atoms with Gasteiger partial charge in [-0.05, 0) is 86.0 Å². The number of rotatable bonds is 11. The fourth-order valence-corrected chi connectivity index (χ4v) is 4.33. The summed E-state index contributed by atoms with van der Waals surface area (Å²) in [7, 11) is 0. The van der Waals surface area contributed by atoms with Crippen molar-refractivity contribution in [2.45, 2.75) is 40.5 Å². The van der Waals surface area contributed by atoms with Gasteiger partial charge in [-0.1, -0.05) is 73.4 Å². The van der Waals surface area contributed by atoms with E-state index in [0.717, 1.165) is 21.0 Å². The Labute approximate surface area is 224 Å². The number of amidine groups is 1. The molecule has 37 heavy (non-hydrogen) atoms. The van der Waals surface area contributed by atoms with E-state index in [2.05, 4.69) is 16.9 Å². The van der Waals surface area contributed by atoms with Crippen LogP contribution in [-0.2, 0) is 9.59 Å². The third kappa shape index (κ3) is 10.8. The number of hydrogen-bond acceptors (Lipinski definition) is 6. The summed E-state index contributed by atoms with van der Waals surface area (Å²) in [4.78, 5) is 34.9. The molecule has 0 fully saturated rings. The number of ketones is 2. The molecular formula is C31H35N3O2S. The molecule has 5 nitrogen and oxygen atoms in total. The molecule has 0 aromatic rings. The van der Waals surface area contributed by atoms with E-state index in [1.807, 2.05) is 80.7 Å². The van der Waals surface area contributed by atoms with Crippen LogP contribution >= 0.6 is 11.8 Å². The quantitative estimate of drug-likeness (QED) is 0.301. The lowest BCUT2D eigenvalue weighted by atomic mass is 10.1. The highest BCUT2D eigenvalue weighted by Crippen LogP contribution is 2.33. The average molecular weight is 514 g/mol. The van der Waals surface area contributed by atoms with Crippen molar-refractivity contribution in [1.82, 2.24) is 0 Å². The maximum Gasteiger partial charge on any atom is 0.203 e. The van der Waals surface area contributed by atoms with Crippen molar-refractivity contribution in [3.8, 4) is 0 Å². The van der Waals surface area contributed by atoms with Crippen LogP contribution in [0.4, 0.5) is 0 Å². The van der Waals surface area contributed by atoms with Crippen molar-refractivity contribution in [3.63, 3.8) is 0 Å². The topological polar surface area (TPSA) is 84.9 Å². The molecule has 2 aliphatic heterocycles. The van der Waals surface area contributed by atoms with E-state index in [-0.39, 0.29) is 17.5 Å². The summed E-state index contributed by atoms with van der Waals surface area (Å²) in [6.45, 7) is 7.49. The van der Waals surface area contributed by atoms with Crippen LogP contribution in [0.3, 0.4) is 0 Å². The van der Waals surface area contributed by atoms with Crippen molar-refractivity contribution in [3.05, 3.63) is 118 Å². The summed E-state index contributed by atoms with van der Waals surface area (Å²) in [5.74, 6) is 0.531. The van der Waals surface area contributed by atoms with E-state index in [4.69, 9.17) is 5.73 Å². The third-order valence-electron chi connectivity index (χ3n) is 5.35. The molecule has 0 spiro atoms. The average Bonchev–Trinajstić information content (AvgIpc) is 2.83. The zero-order chi connectivity index (χ0) is 27.0. The molecule has 0 aliphatic carbocycles. The number of nitrogens with two attached hydrogens (primary N) is 1. The maximum absolute atomic E-state index is 12.9. The Morgan fingerprint density at radius 2 is 1.89 bits per heavy atom. The van der Waals surface area contributed by atoms with Gasteiger partial charge >= 0.3 is 0 Å². The van der Waals surface area contributed by atoms with Gasteiger partial charge in [-0.2, -0.15) is 0 Å². The van der Waals surface area contributed by atoms with Gasteiger partial charge in [-0.25, -0.2) is 4.99 Å².